The Morgan fingerprint density at radius 2 is 1.76 bits per heavy atom. The molecule has 2 amide bonds. The van der Waals surface area contributed by atoms with Gasteiger partial charge in [-0.1, -0.05) is 18.2 Å². The van der Waals surface area contributed by atoms with Crippen LogP contribution in [-0.2, 0) is 29.3 Å². The van der Waals surface area contributed by atoms with Crippen molar-refractivity contribution < 1.29 is 28.7 Å². The van der Waals surface area contributed by atoms with Crippen molar-refractivity contribution in [2.75, 3.05) is 14.2 Å². The summed E-state index contributed by atoms with van der Waals surface area (Å²) in [5.74, 6) is -2.99. The molecule has 1 heterocycles. The fourth-order valence-electron chi connectivity index (χ4n) is 2.92. The molecule has 7 nitrogen and oxygen atoms in total. The fourth-order valence-corrected chi connectivity index (χ4v) is 2.92. The van der Waals surface area contributed by atoms with Crippen molar-refractivity contribution in [2.24, 2.45) is 0 Å². The quantitative estimate of drug-likeness (QED) is 0.467. The molecule has 0 fully saturated rings. The van der Waals surface area contributed by atoms with E-state index >= 15 is 0 Å². The first kappa shape index (κ1) is 18.6. The van der Waals surface area contributed by atoms with Gasteiger partial charge in [0.25, 0.3) is 11.8 Å². The third-order valence-corrected chi connectivity index (χ3v) is 3.96. The summed E-state index contributed by atoms with van der Waals surface area (Å²) in [5, 5.41) is 0. The van der Waals surface area contributed by atoms with Gasteiger partial charge < -0.3 is 9.47 Å². The third kappa shape index (κ3) is 3.14. The van der Waals surface area contributed by atoms with Crippen LogP contribution in [0.1, 0.15) is 43.1 Å². The number of nitrogens with zero attached hydrogens (tertiary/aromatic N) is 1. The van der Waals surface area contributed by atoms with Crippen LogP contribution in [0.2, 0.25) is 0 Å². The largest absolute Gasteiger partial charge is 0.468 e. The first-order valence-corrected chi connectivity index (χ1v) is 7.77. The third-order valence-electron chi connectivity index (χ3n) is 3.96. The minimum Gasteiger partial charge on any atom is -0.468 e. The minimum atomic E-state index is -1.95. The van der Waals surface area contributed by atoms with Crippen molar-refractivity contribution in [3.05, 3.63) is 35.4 Å². The number of esters is 2. The normalized spacial score (nSPS) is 20.1. The average molecular weight is 347 g/mol. The molecule has 0 aliphatic carbocycles. The summed E-state index contributed by atoms with van der Waals surface area (Å²) >= 11 is 0. The van der Waals surface area contributed by atoms with Gasteiger partial charge in [0.2, 0.25) is 0 Å². The van der Waals surface area contributed by atoms with E-state index in [1.54, 1.807) is 32.9 Å². The zero-order valence-corrected chi connectivity index (χ0v) is 14.9. The predicted octanol–water partition coefficient (Wildman–Crippen LogP) is 1.44. The Labute approximate surface area is 145 Å². The van der Waals surface area contributed by atoms with Gasteiger partial charge in [-0.15, -0.1) is 0 Å². The lowest BCUT2D eigenvalue weighted by Crippen LogP contribution is -2.58. The van der Waals surface area contributed by atoms with Crippen molar-refractivity contribution in [1.29, 1.82) is 0 Å². The number of likely N-dealkylation sites (N-methyl/N-ethyl adjacent to an activating group) is 1. The zero-order valence-electron chi connectivity index (χ0n) is 14.9. The van der Waals surface area contributed by atoms with Crippen molar-refractivity contribution in [3.8, 4) is 0 Å². The summed E-state index contributed by atoms with van der Waals surface area (Å²) in [6.45, 7) is 5.05. The summed E-state index contributed by atoms with van der Waals surface area (Å²) < 4.78 is 10.1. The molecule has 1 atom stereocenters. The smallest absolute Gasteiger partial charge is 0.326 e. The van der Waals surface area contributed by atoms with Gasteiger partial charge in [0.1, 0.15) is 5.60 Å². The summed E-state index contributed by atoms with van der Waals surface area (Å²) in [6.07, 6.45) is -0.551. The highest BCUT2D eigenvalue weighted by molar-refractivity contribution is 6.22. The maximum atomic E-state index is 12.9. The second kappa shape index (κ2) is 6.31. The fraction of sp³-hybridized carbons (Fsp3) is 0.444. The van der Waals surface area contributed by atoms with Crippen LogP contribution >= 0.6 is 0 Å². The number of ether oxygens (including phenoxy) is 2. The number of hydrogen-bond acceptors (Lipinski definition) is 6. The molecular weight excluding hydrogens is 326 g/mol. The van der Waals surface area contributed by atoms with E-state index in [1.807, 2.05) is 0 Å². The molecule has 0 bridgehead atoms. The molecule has 0 saturated carbocycles. The Hall–Kier alpha value is -2.70. The molecule has 0 aromatic heterocycles. The summed E-state index contributed by atoms with van der Waals surface area (Å²) in [5.41, 5.74) is -2.40. The Morgan fingerprint density at radius 3 is 2.32 bits per heavy atom. The van der Waals surface area contributed by atoms with Gasteiger partial charge in [-0.25, -0.2) is 0 Å². The van der Waals surface area contributed by atoms with Gasteiger partial charge in [0.05, 0.1) is 13.5 Å². The molecule has 1 aromatic carbocycles. The molecule has 0 spiro atoms. The van der Waals surface area contributed by atoms with E-state index < -0.39 is 41.2 Å². The second-order valence-electron chi connectivity index (χ2n) is 6.88. The van der Waals surface area contributed by atoms with E-state index in [-0.39, 0.29) is 11.1 Å². The van der Waals surface area contributed by atoms with Crippen LogP contribution in [0.15, 0.2) is 24.3 Å². The number of carbonyl (C=O) groups excluding carboxylic acids is 4. The summed E-state index contributed by atoms with van der Waals surface area (Å²) in [6, 6.07) is 6.21. The highest BCUT2D eigenvalue weighted by Crippen LogP contribution is 2.39. The van der Waals surface area contributed by atoms with Crippen LogP contribution in [0, 0.1) is 0 Å². The van der Waals surface area contributed by atoms with Crippen molar-refractivity contribution in [1.82, 2.24) is 4.90 Å². The van der Waals surface area contributed by atoms with Gasteiger partial charge >= 0.3 is 11.9 Å². The monoisotopic (exact) mass is 347 g/mol. The number of carbonyl (C=O) groups is 4. The van der Waals surface area contributed by atoms with Gasteiger partial charge in [-0.05, 0) is 32.4 Å². The molecule has 1 aromatic rings. The highest BCUT2D eigenvalue weighted by atomic mass is 16.6. The minimum absolute atomic E-state index is 0.154. The second-order valence-corrected chi connectivity index (χ2v) is 6.88. The Kier molecular flexibility index (Phi) is 4.70. The lowest BCUT2D eigenvalue weighted by atomic mass is 9.71. The van der Waals surface area contributed by atoms with Crippen LogP contribution in [0.25, 0.3) is 0 Å². The molecule has 0 saturated heterocycles. The van der Waals surface area contributed by atoms with Crippen molar-refractivity contribution in [2.45, 2.75) is 38.2 Å². The lowest BCUT2D eigenvalue weighted by molar-refractivity contribution is -0.167. The SMILES string of the molecule is COC(=O)C1(CC(=O)OC(C)(C)C)C(=O)N(C)C(=O)c2ccccc21. The van der Waals surface area contributed by atoms with Gasteiger partial charge in [-0.3, -0.25) is 24.1 Å². The number of imide groups is 1. The Bertz CT molecular complexity index is 748. The standard InChI is InChI=1S/C18H21NO6/c1-17(2,3)25-13(20)10-18(16(23)24-5)12-9-7-6-8-11(12)14(21)19(4)15(18)22/h6-9H,10H2,1-5H3. The van der Waals surface area contributed by atoms with Crippen LogP contribution < -0.4 is 0 Å². The number of hydrogen-bond donors (Lipinski definition) is 0. The summed E-state index contributed by atoms with van der Waals surface area (Å²) in [4.78, 5) is 51.2. The molecule has 1 aliphatic rings. The van der Waals surface area contributed by atoms with Crippen molar-refractivity contribution in [3.63, 3.8) is 0 Å². The van der Waals surface area contributed by atoms with E-state index in [9.17, 15) is 19.2 Å². The molecule has 0 N–H and O–H groups in total. The summed E-state index contributed by atoms with van der Waals surface area (Å²) in [7, 11) is 2.40. The van der Waals surface area contributed by atoms with Crippen molar-refractivity contribution >= 4 is 23.8 Å². The number of rotatable bonds is 3. The van der Waals surface area contributed by atoms with Crippen LogP contribution in [0.3, 0.4) is 0 Å². The van der Waals surface area contributed by atoms with E-state index in [4.69, 9.17) is 9.47 Å². The topological polar surface area (TPSA) is 90.0 Å². The molecule has 1 aliphatic heterocycles. The highest BCUT2D eigenvalue weighted by Gasteiger charge is 2.57. The van der Waals surface area contributed by atoms with Crippen LogP contribution in [0.5, 0.6) is 0 Å². The van der Waals surface area contributed by atoms with E-state index in [1.165, 1.54) is 19.2 Å². The number of fused-ring (bicyclic) bond motifs is 1. The van der Waals surface area contributed by atoms with Gasteiger partial charge in [0.15, 0.2) is 5.41 Å². The van der Waals surface area contributed by atoms with E-state index in [2.05, 4.69) is 0 Å². The van der Waals surface area contributed by atoms with Crippen LogP contribution in [0.4, 0.5) is 0 Å². The first-order chi connectivity index (χ1) is 11.5. The maximum Gasteiger partial charge on any atom is 0.326 e. The molecular formula is C18H21NO6. The Balaban J connectivity index is 2.64. The molecule has 1 unspecified atom stereocenters. The molecule has 25 heavy (non-hydrogen) atoms. The molecule has 0 radical (unpaired) electrons. The van der Waals surface area contributed by atoms with Gasteiger partial charge in [-0.2, -0.15) is 0 Å². The van der Waals surface area contributed by atoms with E-state index in [0.717, 1.165) is 12.0 Å². The maximum absolute atomic E-state index is 12.9. The number of methoxy groups -OCH3 is 1. The van der Waals surface area contributed by atoms with Gasteiger partial charge in [0, 0.05) is 12.6 Å². The van der Waals surface area contributed by atoms with Crippen LogP contribution in [-0.4, -0.2) is 48.4 Å². The molecule has 2 rings (SSSR count). The number of amides is 2. The number of benzene rings is 1. The molecule has 134 valence electrons. The zero-order chi connectivity index (χ0) is 19.0. The molecule has 7 heteroatoms. The average Bonchev–Trinajstić information content (AvgIpc) is 2.54. The lowest BCUT2D eigenvalue weighted by Gasteiger charge is -2.38. The first-order valence-electron chi connectivity index (χ1n) is 7.77. The Morgan fingerprint density at radius 1 is 1.16 bits per heavy atom. The van der Waals surface area contributed by atoms with E-state index in [0.29, 0.717) is 0 Å². The predicted molar refractivity (Wildman–Crippen MR) is 87.7 cm³/mol.